The van der Waals surface area contributed by atoms with E-state index in [1.165, 1.54) is 0 Å². The van der Waals surface area contributed by atoms with Gasteiger partial charge in [-0.2, -0.15) is 5.10 Å². The van der Waals surface area contributed by atoms with Gasteiger partial charge in [-0.25, -0.2) is 18.9 Å². The Labute approximate surface area is 248 Å². The quantitative estimate of drug-likeness (QED) is 0.161. The van der Waals surface area contributed by atoms with Gasteiger partial charge in [-0.15, -0.1) is 0 Å². The number of nitrogens with two attached hydrogens (primary N) is 1. The predicted molar refractivity (Wildman–Crippen MR) is 161 cm³/mol. The zero-order valence-corrected chi connectivity index (χ0v) is 24.4. The summed E-state index contributed by atoms with van der Waals surface area (Å²) >= 11 is 6.26. The van der Waals surface area contributed by atoms with Crippen LogP contribution in [-0.2, 0) is 0 Å². The first-order chi connectivity index (χ1) is 20.0. The molecule has 5 atom stereocenters. The Balaban J connectivity index is 1.46. The minimum Gasteiger partial charge on any atom is -0.505 e. The molecule has 0 radical (unpaired) electrons. The molecule has 3 heterocycles. The summed E-state index contributed by atoms with van der Waals surface area (Å²) < 4.78 is 21.2. The first-order valence-electron chi connectivity index (χ1n) is 14.0. The number of rotatable bonds is 6. The summed E-state index contributed by atoms with van der Waals surface area (Å²) in [5, 5.41) is 29.2. The summed E-state index contributed by atoms with van der Waals surface area (Å²) in [6.45, 7) is 4.18. The Bertz CT molecular complexity index is 1670. The molecule has 9 nitrogen and oxygen atoms in total. The number of ether oxygens (including phenoxy) is 1. The number of aliphatic imine (C=N–C) groups is 1. The molecule has 0 aliphatic heterocycles. The molecule has 1 aromatic carbocycles. The number of benzene rings is 1. The second-order valence-corrected chi connectivity index (χ2v) is 12.4. The number of pyridine rings is 1. The molecule has 2 fully saturated rings. The number of methoxy groups -OCH3 is 1. The van der Waals surface area contributed by atoms with Crippen molar-refractivity contribution in [2.75, 3.05) is 12.4 Å². The molecule has 0 amide bonds. The summed E-state index contributed by atoms with van der Waals surface area (Å²) in [5.74, 6) is 0.301. The lowest BCUT2D eigenvalue weighted by Gasteiger charge is -2.49. The number of halogens is 2. The van der Waals surface area contributed by atoms with Crippen LogP contribution in [0.5, 0.6) is 11.6 Å². The van der Waals surface area contributed by atoms with Gasteiger partial charge in [-0.3, -0.25) is 0 Å². The Hall–Kier alpha value is -3.89. The van der Waals surface area contributed by atoms with Crippen molar-refractivity contribution in [2.45, 2.75) is 51.2 Å². The van der Waals surface area contributed by atoms with Crippen molar-refractivity contribution in [1.82, 2.24) is 14.6 Å². The van der Waals surface area contributed by atoms with Gasteiger partial charge in [-0.05, 0) is 62.5 Å². The van der Waals surface area contributed by atoms with E-state index in [1.54, 1.807) is 30.1 Å². The van der Waals surface area contributed by atoms with E-state index in [-0.39, 0.29) is 28.5 Å². The van der Waals surface area contributed by atoms with Crippen LogP contribution >= 0.6 is 11.6 Å². The number of phenols is 1. The van der Waals surface area contributed by atoms with Gasteiger partial charge >= 0.3 is 0 Å². The first kappa shape index (κ1) is 28.2. The summed E-state index contributed by atoms with van der Waals surface area (Å²) in [5.41, 5.74) is 9.77. The maximum atomic E-state index is 14.2. The van der Waals surface area contributed by atoms with E-state index < -0.39 is 17.2 Å². The average molecular weight is 593 g/mol. The highest BCUT2D eigenvalue weighted by molar-refractivity contribution is 6.33. The van der Waals surface area contributed by atoms with Crippen LogP contribution in [0.15, 0.2) is 53.9 Å². The largest absolute Gasteiger partial charge is 0.505 e. The van der Waals surface area contributed by atoms with Crippen molar-refractivity contribution < 1.29 is 19.3 Å². The van der Waals surface area contributed by atoms with Crippen LogP contribution in [0.25, 0.3) is 16.6 Å². The minimum atomic E-state index is -0.850. The summed E-state index contributed by atoms with van der Waals surface area (Å²) in [6.07, 6.45) is 8.87. The van der Waals surface area contributed by atoms with Gasteiger partial charge in [0, 0.05) is 47.8 Å². The van der Waals surface area contributed by atoms with Gasteiger partial charge in [0.25, 0.3) is 0 Å². The van der Waals surface area contributed by atoms with Gasteiger partial charge in [0.2, 0.25) is 5.88 Å². The lowest BCUT2D eigenvalue weighted by Crippen LogP contribution is -2.50. The fraction of sp³-hybridized carbons (Fsp3) is 0.387. The third-order valence-electron chi connectivity index (χ3n) is 8.65. The van der Waals surface area contributed by atoms with Crippen molar-refractivity contribution in [1.29, 1.82) is 0 Å². The summed E-state index contributed by atoms with van der Waals surface area (Å²) in [6, 6.07) is 7.96. The number of nitrogens with one attached hydrogen (secondary N) is 1. The molecule has 11 heteroatoms. The van der Waals surface area contributed by atoms with Gasteiger partial charge in [0.05, 0.1) is 46.4 Å². The van der Waals surface area contributed by atoms with E-state index >= 15 is 0 Å². The number of aromatic hydroxyl groups is 1. The maximum absolute atomic E-state index is 14.2. The number of anilines is 1. The molecule has 0 saturated heterocycles. The van der Waals surface area contributed by atoms with Crippen LogP contribution in [0.4, 0.5) is 15.8 Å². The van der Waals surface area contributed by atoms with E-state index in [1.807, 2.05) is 25.3 Å². The van der Waals surface area contributed by atoms with E-state index in [4.69, 9.17) is 22.1 Å². The second kappa shape index (κ2) is 10.7. The number of hydrogen-bond acceptors (Lipinski definition) is 7. The third kappa shape index (κ3) is 5.36. The second-order valence-electron chi connectivity index (χ2n) is 12.0. The Morgan fingerprint density at radius 2 is 2.02 bits per heavy atom. The highest BCUT2D eigenvalue weighted by Crippen LogP contribution is 2.48. The Morgan fingerprint density at radius 1 is 1.21 bits per heavy atom. The monoisotopic (exact) mass is 592 g/mol. The molecule has 2 aliphatic carbocycles. The van der Waals surface area contributed by atoms with Crippen molar-refractivity contribution in [3.05, 3.63) is 65.3 Å². The summed E-state index contributed by atoms with van der Waals surface area (Å²) in [7, 11) is 1.57. The molecule has 2 bridgehead atoms. The minimum absolute atomic E-state index is 0.0637. The van der Waals surface area contributed by atoms with E-state index in [0.29, 0.717) is 29.7 Å². The molecular formula is C31H34ClFN6O3. The van der Waals surface area contributed by atoms with Crippen LogP contribution in [-0.4, -0.2) is 49.4 Å². The fourth-order valence-electron chi connectivity index (χ4n) is 6.92. The van der Waals surface area contributed by atoms with E-state index in [9.17, 15) is 14.6 Å². The standard InChI is InChI=1S/C31H34ClFN6O3/c1-16-6-17-7-19(12-31(2,41)11-17)28(16)38-29-21(30(34)37-24-10-23(33)26(40)9-22(24)32)14-36-39-15-20(8-25(29)39)18-4-5-27(42-3)35-13-18/h4-5,8-10,13-17,19,28,38,40-41H,6-7,11-12H2,1-3H3,(H2,34,37). The van der Waals surface area contributed by atoms with Gasteiger partial charge in [0.1, 0.15) is 5.84 Å². The Kier molecular flexibility index (Phi) is 7.22. The zero-order chi connectivity index (χ0) is 29.8. The molecule has 2 saturated carbocycles. The predicted octanol–water partition coefficient (Wildman–Crippen LogP) is 5.93. The number of nitrogens with zero attached hydrogens (tertiary/aromatic N) is 4. The smallest absolute Gasteiger partial charge is 0.212 e. The normalized spacial score (nSPS) is 25.9. The van der Waals surface area contributed by atoms with Crippen molar-refractivity contribution in [3.63, 3.8) is 0 Å². The molecule has 3 aromatic heterocycles. The van der Waals surface area contributed by atoms with Crippen molar-refractivity contribution in [3.8, 4) is 22.8 Å². The van der Waals surface area contributed by atoms with Crippen molar-refractivity contribution >= 4 is 34.3 Å². The van der Waals surface area contributed by atoms with Gasteiger partial charge in [-0.1, -0.05) is 18.5 Å². The number of fused-ring (bicyclic) bond motifs is 3. The lowest BCUT2D eigenvalue weighted by atomic mass is 9.61. The molecule has 4 aromatic rings. The van der Waals surface area contributed by atoms with Crippen LogP contribution in [0, 0.1) is 23.6 Å². The lowest BCUT2D eigenvalue weighted by molar-refractivity contribution is -0.0501. The number of hydrogen-bond donors (Lipinski definition) is 4. The number of amidine groups is 1. The topological polar surface area (TPSA) is 130 Å². The molecule has 6 rings (SSSR count). The maximum Gasteiger partial charge on any atom is 0.212 e. The van der Waals surface area contributed by atoms with E-state index in [2.05, 4.69) is 27.3 Å². The molecule has 220 valence electrons. The number of aromatic nitrogens is 3. The molecule has 0 spiro atoms. The summed E-state index contributed by atoms with van der Waals surface area (Å²) in [4.78, 5) is 8.78. The molecule has 42 heavy (non-hydrogen) atoms. The third-order valence-corrected chi connectivity index (χ3v) is 8.96. The van der Waals surface area contributed by atoms with Crippen LogP contribution < -0.4 is 15.8 Å². The van der Waals surface area contributed by atoms with Crippen LogP contribution in [0.3, 0.4) is 0 Å². The van der Waals surface area contributed by atoms with Crippen LogP contribution in [0.1, 0.15) is 45.1 Å². The molecule has 5 unspecified atom stereocenters. The van der Waals surface area contributed by atoms with Gasteiger partial charge < -0.3 is 26.0 Å². The molecule has 2 aliphatic rings. The molecule has 5 N–H and O–H groups in total. The fourth-order valence-corrected chi connectivity index (χ4v) is 7.12. The number of phenolic OH excluding ortho intramolecular Hbond substituents is 1. The Morgan fingerprint density at radius 3 is 2.76 bits per heavy atom. The van der Waals surface area contributed by atoms with Gasteiger partial charge in [0.15, 0.2) is 11.6 Å². The SMILES string of the molecule is COc1ccc(-c2cc3c(NC4C(C)CC5CC4CC(C)(O)C5)c(C(N)=Nc4cc(F)c(O)cc4Cl)cnn3c2)cn1. The number of aliphatic hydroxyl groups is 1. The highest BCUT2D eigenvalue weighted by Gasteiger charge is 2.45. The molecular weight excluding hydrogens is 559 g/mol. The highest BCUT2D eigenvalue weighted by atomic mass is 35.5. The van der Waals surface area contributed by atoms with Crippen molar-refractivity contribution in [2.24, 2.45) is 28.5 Å². The average Bonchev–Trinajstić information content (AvgIpc) is 3.38. The van der Waals surface area contributed by atoms with Crippen LogP contribution in [0.2, 0.25) is 5.02 Å². The first-order valence-corrected chi connectivity index (χ1v) is 14.4. The zero-order valence-electron chi connectivity index (χ0n) is 23.7. The van der Waals surface area contributed by atoms with E-state index in [0.717, 1.165) is 53.7 Å².